The molecule has 0 bridgehead atoms. The van der Waals surface area contributed by atoms with Gasteiger partial charge in [0, 0.05) is 5.56 Å². The van der Waals surface area contributed by atoms with Gasteiger partial charge in [-0.15, -0.1) is 0 Å². The number of hydrogen-bond donors (Lipinski definition) is 1. The average molecular weight is 504 g/mol. The molecule has 7 nitrogen and oxygen atoms in total. The number of nitrogens with zero attached hydrogens (tertiary/aromatic N) is 1. The number of alkyl halides is 2. The summed E-state index contributed by atoms with van der Waals surface area (Å²) in [4.78, 5) is 11.5. The minimum Gasteiger partial charge on any atom is -0.496 e. The van der Waals surface area contributed by atoms with Crippen molar-refractivity contribution in [1.29, 1.82) is 0 Å². The summed E-state index contributed by atoms with van der Waals surface area (Å²) in [6.07, 6.45) is 0.833. The van der Waals surface area contributed by atoms with Crippen LogP contribution in [0.3, 0.4) is 0 Å². The average Bonchev–Trinajstić information content (AvgIpc) is 3.64. The van der Waals surface area contributed by atoms with E-state index >= 15 is 0 Å². The van der Waals surface area contributed by atoms with Gasteiger partial charge in [0.05, 0.1) is 17.5 Å². The van der Waals surface area contributed by atoms with Crippen LogP contribution >= 0.6 is 0 Å². The predicted octanol–water partition coefficient (Wildman–Crippen LogP) is 4.73. The Morgan fingerprint density at radius 2 is 1.71 bits per heavy atom. The van der Waals surface area contributed by atoms with Gasteiger partial charge >= 0.3 is 12.6 Å². The summed E-state index contributed by atoms with van der Waals surface area (Å²) < 4.78 is 62.8. The molecule has 0 aliphatic heterocycles. The monoisotopic (exact) mass is 503 g/mol. The van der Waals surface area contributed by atoms with E-state index < -0.39 is 34.7 Å². The molecule has 1 saturated carbocycles. The molecule has 184 valence electrons. The molecule has 0 saturated heterocycles. The molecule has 1 N–H and O–H groups in total. The highest BCUT2D eigenvalue weighted by molar-refractivity contribution is 7.89. The molecule has 0 radical (unpaired) electrons. The third-order valence-corrected chi connectivity index (χ3v) is 7.87. The quantitative estimate of drug-likeness (QED) is 0.430. The molecule has 3 aromatic carbocycles. The lowest BCUT2D eigenvalue weighted by molar-refractivity contribution is -0.137. The molecule has 0 unspecified atom stereocenters. The number of halogens is 2. The number of methoxy groups -OCH3 is 1. The van der Waals surface area contributed by atoms with E-state index in [4.69, 9.17) is 4.74 Å². The Labute approximate surface area is 201 Å². The summed E-state index contributed by atoms with van der Waals surface area (Å²) in [5.74, 6) is -0.988. The number of sulfonamides is 1. The van der Waals surface area contributed by atoms with Crippen LogP contribution in [0, 0.1) is 0 Å². The third-order valence-electron chi connectivity index (χ3n) is 5.94. The van der Waals surface area contributed by atoms with E-state index in [0.717, 1.165) is 39.7 Å². The number of ether oxygens (including phenoxy) is 2. The Morgan fingerprint density at radius 3 is 2.26 bits per heavy atom. The van der Waals surface area contributed by atoms with Crippen molar-refractivity contribution in [2.45, 2.75) is 29.9 Å². The van der Waals surface area contributed by atoms with Crippen molar-refractivity contribution in [1.82, 2.24) is 4.31 Å². The second-order valence-corrected chi connectivity index (χ2v) is 9.93. The van der Waals surface area contributed by atoms with Crippen molar-refractivity contribution < 1.29 is 36.6 Å². The number of hydrogen-bond acceptors (Lipinski definition) is 5. The van der Waals surface area contributed by atoms with E-state index in [9.17, 15) is 27.1 Å². The van der Waals surface area contributed by atoms with Crippen molar-refractivity contribution in [3.63, 3.8) is 0 Å². The van der Waals surface area contributed by atoms with Gasteiger partial charge in [0.2, 0.25) is 10.0 Å². The largest absolute Gasteiger partial charge is 0.496 e. The lowest BCUT2D eigenvalue weighted by Gasteiger charge is -2.31. The van der Waals surface area contributed by atoms with Gasteiger partial charge in [-0.1, -0.05) is 42.5 Å². The summed E-state index contributed by atoms with van der Waals surface area (Å²) >= 11 is 0. The van der Waals surface area contributed by atoms with Crippen LogP contribution in [-0.4, -0.2) is 44.1 Å². The van der Waals surface area contributed by atoms with E-state index in [-0.39, 0.29) is 10.6 Å². The Bertz CT molecular complexity index is 1310. The standard InChI is InChI=1S/C25H23F2NO6S/c1-33-22-15-18(7-12-21(22)17-5-3-2-4-6-17)25(13-14-25)28(16-23(29)30)35(31,32)20-10-8-19(9-11-20)34-24(26)27/h2-12,15,24H,13-14,16H2,1H3,(H,29,30). The summed E-state index contributed by atoms with van der Waals surface area (Å²) in [6, 6.07) is 19.3. The molecule has 0 spiro atoms. The summed E-state index contributed by atoms with van der Waals surface area (Å²) in [5, 5.41) is 9.53. The molecule has 4 rings (SSSR count). The van der Waals surface area contributed by atoms with Gasteiger partial charge in [0.1, 0.15) is 18.0 Å². The molecular weight excluding hydrogens is 480 g/mol. The van der Waals surface area contributed by atoms with Crippen LogP contribution in [-0.2, 0) is 20.4 Å². The molecular formula is C25H23F2NO6S. The van der Waals surface area contributed by atoms with E-state index in [1.165, 1.54) is 7.11 Å². The molecule has 10 heteroatoms. The second kappa shape index (κ2) is 9.63. The van der Waals surface area contributed by atoms with Gasteiger partial charge in [-0.3, -0.25) is 4.79 Å². The zero-order valence-corrected chi connectivity index (χ0v) is 19.5. The number of carboxylic acid groups (broad SMARTS) is 1. The second-order valence-electron chi connectivity index (χ2n) is 8.07. The lowest BCUT2D eigenvalue weighted by Crippen LogP contribution is -2.43. The maximum atomic E-state index is 13.5. The molecule has 0 aromatic heterocycles. The highest BCUT2D eigenvalue weighted by Crippen LogP contribution is 2.54. The molecule has 0 heterocycles. The Hall–Kier alpha value is -3.50. The zero-order chi connectivity index (χ0) is 25.2. The van der Waals surface area contributed by atoms with Crippen LogP contribution in [0.2, 0.25) is 0 Å². The van der Waals surface area contributed by atoms with Crippen LogP contribution in [0.15, 0.2) is 77.7 Å². The Kier molecular flexibility index (Phi) is 6.77. The van der Waals surface area contributed by atoms with Gasteiger partial charge in [-0.05, 0) is 54.3 Å². The van der Waals surface area contributed by atoms with Crippen LogP contribution in [0.25, 0.3) is 11.1 Å². The fourth-order valence-electron chi connectivity index (χ4n) is 4.15. The highest BCUT2D eigenvalue weighted by Gasteiger charge is 2.55. The minimum atomic E-state index is -4.30. The Balaban J connectivity index is 1.73. The van der Waals surface area contributed by atoms with Crippen LogP contribution in [0.1, 0.15) is 18.4 Å². The van der Waals surface area contributed by atoms with Gasteiger partial charge in [0.25, 0.3) is 0 Å². The number of carbonyl (C=O) groups is 1. The first-order valence-electron chi connectivity index (χ1n) is 10.7. The van der Waals surface area contributed by atoms with E-state index in [2.05, 4.69) is 4.74 Å². The lowest BCUT2D eigenvalue weighted by atomic mass is 9.98. The van der Waals surface area contributed by atoms with Crippen molar-refractivity contribution in [2.24, 2.45) is 0 Å². The number of rotatable bonds is 10. The van der Waals surface area contributed by atoms with Crippen molar-refractivity contribution in [3.8, 4) is 22.6 Å². The molecule has 1 aliphatic rings. The van der Waals surface area contributed by atoms with Crippen molar-refractivity contribution in [2.75, 3.05) is 13.7 Å². The Morgan fingerprint density at radius 1 is 1.06 bits per heavy atom. The minimum absolute atomic E-state index is 0.203. The van der Waals surface area contributed by atoms with E-state index in [0.29, 0.717) is 24.2 Å². The summed E-state index contributed by atoms with van der Waals surface area (Å²) in [6.45, 7) is -3.81. The fraction of sp³-hybridized carbons (Fsp3) is 0.240. The number of benzene rings is 3. The summed E-state index contributed by atoms with van der Waals surface area (Å²) in [5.41, 5.74) is 1.27. The van der Waals surface area contributed by atoms with Crippen LogP contribution < -0.4 is 9.47 Å². The molecule has 1 fully saturated rings. The first-order valence-corrected chi connectivity index (χ1v) is 12.1. The zero-order valence-electron chi connectivity index (χ0n) is 18.7. The summed E-state index contributed by atoms with van der Waals surface area (Å²) in [7, 11) is -2.78. The molecule has 1 aliphatic carbocycles. The molecule has 35 heavy (non-hydrogen) atoms. The first kappa shape index (κ1) is 24.6. The number of aliphatic carboxylic acids is 1. The van der Waals surface area contributed by atoms with Gasteiger partial charge < -0.3 is 14.6 Å². The van der Waals surface area contributed by atoms with Gasteiger partial charge in [-0.25, -0.2) is 8.42 Å². The normalized spacial score (nSPS) is 14.7. The van der Waals surface area contributed by atoms with Crippen LogP contribution in [0.4, 0.5) is 8.78 Å². The fourth-order valence-corrected chi connectivity index (χ4v) is 5.91. The predicted molar refractivity (Wildman–Crippen MR) is 124 cm³/mol. The molecule has 3 aromatic rings. The molecule has 0 amide bonds. The van der Waals surface area contributed by atoms with E-state index in [1.54, 1.807) is 12.1 Å². The van der Waals surface area contributed by atoms with Crippen LogP contribution in [0.5, 0.6) is 11.5 Å². The number of carboxylic acids is 1. The van der Waals surface area contributed by atoms with Gasteiger partial charge in [0.15, 0.2) is 0 Å². The highest BCUT2D eigenvalue weighted by atomic mass is 32.2. The first-order chi connectivity index (χ1) is 16.7. The maximum absolute atomic E-state index is 13.5. The van der Waals surface area contributed by atoms with Crippen molar-refractivity contribution in [3.05, 3.63) is 78.4 Å². The molecule has 0 atom stereocenters. The topological polar surface area (TPSA) is 93.1 Å². The van der Waals surface area contributed by atoms with E-state index in [1.807, 2.05) is 36.4 Å². The SMILES string of the molecule is COc1cc(C2(N(CC(=O)O)S(=O)(=O)c3ccc(OC(F)F)cc3)CC2)ccc1-c1ccccc1. The third kappa shape index (κ3) is 4.98. The maximum Gasteiger partial charge on any atom is 0.387 e. The van der Waals surface area contributed by atoms with Crippen molar-refractivity contribution >= 4 is 16.0 Å². The smallest absolute Gasteiger partial charge is 0.387 e. The van der Waals surface area contributed by atoms with Gasteiger partial charge in [-0.2, -0.15) is 13.1 Å².